The summed E-state index contributed by atoms with van der Waals surface area (Å²) in [6.45, 7) is 3.01. The van der Waals surface area contributed by atoms with Gasteiger partial charge in [0.1, 0.15) is 17.2 Å². The maximum atomic E-state index is 13.3. The SMILES string of the molecule is COc1ccc(NCCNC(=O)C(CNC(=O)c2cccc(C)c2)c2ccc(Oc3cccc(Cl)c3)cc2)cc1. The van der Waals surface area contributed by atoms with E-state index in [-0.39, 0.29) is 18.4 Å². The first-order valence-electron chi connectivity index (χ1n) is 12.9. The van der Waals surface area contributed by atoms with E-state index < -0.39 is 5.92 Å². The fourth-order valence-electron chi connectivity index (χ4n) is 4.10. The molecule has 4 aromatic rings. The first kappa shape index (κ1) is 28.5. The Morgan fingerprint density at radius 3 is 2.23 bits per heavy atom. The van der Waals surface area contributed by atoms with Crippen molar-refractivity contribution in [1.29, 1.82) is 0 Å². The van der Waals surface area contributed by atoms with Gasteiger partial charge in [0.05, 0.1) is 13.0 Å². The zero-order chi connectivity index (χ0) is 28.3. The quantitative estimate of drug-likeness (QED) is 0.181. The van der Waals surface area contributed by atoms with Crippen LogP contribution in [-0.4, -0.2) is 38.6 Å². The van der Waals surface area contributed by atoms with Gasteiger partial charge in [-0.3, -0.25) is 9.59 Å². The summed E-state index contributed by atoms with van der Waals surface area (Å²) in [5.74, 6) is 0.975. The van der Waals surface area contributed by atoms with Crippen molar-refractivity contribution in [1.82, 2.24) is 10.6 Å². The molecule has 0 aliphatic rings. The molecular formula is C32H32ClN3O4. The van der Waals surface area contributed by atoms with Crippen LogP contribution in [0.4, 0.5) is 5.69 Å². The van der Waals surface area contributed by atoms with E-state index in [4.69, 9.17) is 21.1 Å². The van der Waals surface area contributed by atoms with Crippen molar-refractivity contribution >= 4 is 29.1 Å². The number of benzene rings is 4. The second kappa shape index (κ2) is 14.1. The molecule has 3 N–H and O–H groups in total. The van der Waals surface area contributed by atoms with Crippen molar-refractivity contribution in [3.63, 3.8) is 0 Å². The summed E-state index contributed by atoms with van der Waals surface area (Å²) in [4.78, 5) is 26.1. The number of aryl methyl sites for hydroxylation is 1. The molecule has 0 bridgehead atoms. The highest BCUT2D eigenvalue weighted by molar-refractivity contribution is 6.30. The number of amides is 2. The van der Waals surface area contributed by atoms with Gasteiger partial charge in [-0.1, -0.05) is 47.5 Å². The van der Waals surface area contributed by atoms with Gasteiger partial charge in [-0.15, -0.1) is 0 Å². The van der Waals surface area contributed by atoms with Crippen molar-refractivity contribution in [3.8, 4) is 17.2 Å². The fraction of sp³-hybridized carbons (Fsp3) is 0.188. The third-order valence-electron chi connectivity index (χ3n) is 6.22. The lowest BCUT2D eigenvalue weighted by Crippen LogP contribution is -2.39. The minimum atomic E-state index is -0.602. The summed E-state index contributed by atoms with van der Waals surface area (Å²) in [6, 6.07) is 29.3. The van der Waals surface area contributed by atoms with Crippen LogP contribution in [0.15, 0.2) is 97.1 Å². The molecule has 0 aromatic heterocycles. The monoisotopic (exact) mass is 557 g/mol. The van der Waals surface area contributed by atoms with Crippen LogP contribution < -0.4 is 25.4 Å². The van der Waals surface area contributed by atoms with Gasteiger partial charge < -0.3 is 25.4 Å². The number of hydrogen-bond acceptors (Lipinski definition) is 5. The zero-order valence-corrected chi connectivity index (χ0v) is 23.2. The third kappa shape index (κ3) is 8.25. The van der Waals surface area contributed by atoms with Crippen molar-refractivity contribution in [2.45, 2.75) is 12.8 Å². The summed E-state index contributed by atoms with van der Waals surface area (Å²) in [7, 11) is 1.62. The summed E-state index contributed by atoms with van der Waals surface area (Å²) >= 11 is 6.06. The van der Waals surface area contributed by atoms with Crippen molar-refractivity contribution in [3.05, 3.63) is 119 Å². The van der Waals surface area contributed by atoms with Gasteiger partial charge >= 0.3 is 0 Å². The molecule has 0 fully saturated rings. The summed E-state index contributed by atoms with van der Waals surface area (Å²) in [6.07, 6.45) is 0. The van der Waals surface area contributed by atoms with Crippen LogP contribution in [0.1, 0.15) is 27.4 Å². The van der Waals surface area contributed by atoms with Crippen LogP contribution in [-0.2, 0) is 4.79 Å². The Kier molecular flexibility index (Phi) is 10.0. The topological polar surface area (TPSA) is 88.7 Å². The molecule has 8 heteroatoms. The Morgan fingerprint density at radius 2 is 1.52 bits per heavy atom. The molecule has 40 heavy (non-hydrogen) atoms. The van der Waals surface area contributed by atoms with E-state index in [0.29, 0.717) is 35.2 Å². The normalized spacial score (nSPS) is 11.3. The highest BCUT2D eigenvalue weighted by Crippen LogP contribution is 2.26. The summed E-state index contributed by atoms with van der Waals surface area (Å²) in [5.41, 5.74) is 3.21. The summed E-state index contributed by atoms with van der Waals surface area (Å²) < 4.78 is 11.1. The largest absolute Gasteiger partial charge is 0.497 e. The molecule has 4 rings (SSSR count). The fourth-order valence-corrected chi connectivity index (χ4v) is 4.28. The second-order valence-corrected chi connectivity index (χ2v) is 9.64. The molecule has 1 atom stereocenters. The number of hydrogen-bond donors (Lipinski definition) is 3. The highest BCUT2D eigenvalue weighted by atomic mass is 35.5. The van der Waals surface area contributed by atoms with Crippen LogP contribution in [0.3, 0.4) is 0 Å². The van der Waals surface area contributed by atoms with E-state index in [1.54, 1.807) is 37.4 Å². The smallest absolute Gasteiger partial charge is 0.251 e. The van der Waals surface area contributed by atoms with Crippen LogP contribution in [0.2, 0.25) is 5.02 Å². The van der Waals surface area contributed by atoms with E-state index >= 15 is 0 Å². The van der Waals surface area contributed by atoms with Gasteiger partial charge in [0.15, 0.2) is 0 Å². The highest BCUT2D eigenvalue weighted by Gasteiger charge is 2.22. The predicted octanol–water partition coefficient (Wildman–Crippen LogP) is 6.19. The predicted molar refractivity (Wildman–Crippen MR) is 159 cm³/mol. The molecule has 0 aliphatic carbocycles. The van der Waals surface area contributed by atoms with Crippen LogP contribution >= 0.6 is 11.6 Å². The molecule has 2 amide bonds. The average molecular weight is 558 g/mol. The lowest BCUT2D eigenvalue weighted by molar-refractivity contribution is -0.122. The maximum Gasteiger partial charge on any atom is 0.251 e. The number of methoxy groups -OCH3 is 1. The Labute approximate surface area is 239 Å². The van der Waals surface area contributed by atoms with Gasteiger partial charge in [-0.25, -0.2) is 0 Å². The van der Waals surface area contributed by atoms with Gasteiger partial charge in [-0.05, 0) is 79.2 Å². The van der Waals surface area contributed by atoms with Crippen LogP contribution in [0.5, 0.6) is 17.2 Å². The molecule has 206 valence electrons. The lowest BCUT2D eigenvalue weighted by Gasteiger charge is -2.19. The number of anilines is 1. The first-order valence-corrected chi connectivity index (χ1v) is 13.3. The van der Waals surface area contributed by atoms with Gasteiger partial charge in [0.2, 0.25) is 5.91 Å². The van der Waals surface area contributed by atoms with E-state index in [9.17, 15) is 9.59 Å². The third-order valence-corrected chi connectivity index (χ3v) is 6.46. The molecule has 1 unspecified atom stereocenters. The number of rotatable bonds is 12. The Hall–Kier alpha value is -4.49. The van der Waals surface area contributed by atoms with Crippen LogP contribution in [0.25, 0.3) is 0 Å². The van der Waals surface area contributed by atoms with Crippen molar-refractivity contribution in [2.24, 2.45) is 0 Å². The minimum Gasteiger partial charge on any atom is -0.497 e. The van der Waals surface area contributed by atoms with Crippen molar-refractivity contribution in [2.75, 3.05) is 32.1 Å². The van der Waals surface area contributed by atoms with E-state index in [2.05, 4.69) is 16.0 Å². The van der Waals surface area contributed by atoms with E-state index in [1.807, 2.05) is 73.7 Å². The molecule has 0 aliphatic heterocycles. The molecule has 7 nitrogen and oxygen atoms in total. The Bertz CT molecular complexity index is 1430. The zero-order valence-electron chi connectivity index (χ0n) is 22.4. The number of carbonyl (C=O) groups is 2. The standard InChI is InChI=1S/C32H32ClN3O4/c1-22-5-3-6-24(19-22)31(37)36-21-30(32(38)35-18-17-34-26-11-15-27(39-2)16-12-26)23-9-13-28(14-10-23)40-29-8-4-7-25(33)20-29/h3-16,19-20,30,34H,17-18,21H2,1-2H3,(H,35,38)(H,36,37). The number of carbonyl (C=O) groups excluding carboxylic acids is 2. The second-order valence-electron chi connectivity index (χ2n) is 9.21. The Morgan fingerprint density at radius 1 is 0.800 bits per heavy atom. The van der Waals surface area contributed by atoms with E-state index in [0.717, 1.165) is 22.6 Å². The molecule has 0 saturated carbocycles. The minimum absolute atomic E-state index is 0.138. The molecule has 0 heterocycles. The number of ether oxygens (including phenoxy) is 2. The molecule has 0 saturated heterocycles. The molecule has 4 aromatic carbocycles. The van der Waals surface area contributed by atoms with Gasteiger partial charge in [-0.2, -0.15) is 0 Å². The maximum absolute atomic E-state index is 13.3. The average Bonchev–Trinajstić information content (AvgIpc) is 2.96. The lowest BCUT2D eigenvalue weighted by atomic mass is 9.97. The van der Waals surface area contributed by atoms with Crippen LogP contribution in [0, 0.1) is 6.92 Å². The van der Waals surface area contributed by atoms with Gasteiger partial charge in [0.25, 0.3) is 5.91 Å². The molecule has 0 spiro atoms. The number of halogens is 1. The summed E-state index contributed by atoms with van der Waals surface area (Å²) in [5, 5.41) is 9.76. The molecule has 0 radical (unpaired) electrons. The first-order chi connectivity index (χ1) is 19.4. The number of nitrogens with one attached hydrogen (secondary N) is 3. The molecular weight excluding hydrogens is 526 g/mol. The Balaban J connectivity index is 1.41. The van der Waals surface area contributed by atoms with Gasteiger partial charge in [0, 0.05) is 35.9 Å². The van der Waals surface area contributed by atoms with Crippen molar-refractivity contribution < 1.29 is 19.1 Å². The van der Waals surface area contributed by atoms with E-state index in [1.165, 1.54) is 0 Å².